The number of aromatic nitrogens is 4. The zero-order valence-electron chi connectivity index (χ0n) is 33.7. The van der Waals surface area contributed by atoms with Crippen LogP contribution in [0, 0.1) is 0 Å². The van der Waals surface area contributed by atoms with Crippen LogP contribution in [0.5, 0.6) is 0 Å². The summed E-state index contributed by atoms with van der Waals surface area (Å²) in [4.78, 5) is 10.9. The van der Waals surface area contributed by atoms with E-state index in [0.29, 0.717) is 22.7 Å². The smallest absolute Gasteiger partial charge is 0.236 e. The molecule has 0 saturated heterocycles. The van der Waals surface area contributed by atoms with Crippen molar-refractivity contribution < 1.29 is 8.83 Å². The van der Waals surface area contributed by atoms with E-state index in [4.69, 9.17) is 18.8 Å². The Labute approximate surface area is 360 Å². The van der Waals surface area contributed by atoms with Gasteiger partial charge in [-0.25, -0.2) is 9.97 Å². The van der Waals surface area contributed by atoms with Gasteiger partial charge in [-0.15, -0.1) is 0 Å². The molecule has 0 amide bonds. The van der Waals surface area contributed by atoms with Gasteiger partial charge in [-0.1, -0.05) is 146 Å². The fourth-order valence-corrected chi connectivity index (χ4v) is 10.7. The molecule has 0 saturated carbocycles. The second-order valence-corrected chi connectivity index (χ2v) is 16.4. The number of nitrogens with zero attached hydrogens (tertiary/aromatic N) is 4. The number of hydrogen-bond acceptors (Lipinski definition) is 4. The van der Waals surface area contributed by atoms with E-state index in [-0.39, 0.29) is 0 Å². The molecule has 0 atom stereocenters. The maximum absolute atomic E-state index is 6.96. The Morgan fingerprint density at radius 1 is 0.397 bits per heavy atom. The fourth-order valence-electron chi connectivity index (χ4n) is 10.7. The number of fused-ring (bicyclic) bond motifs is 16. The van der Waals surface area contributed by atoms with Crippen LogP contribution in [-0.2, 0) is 5.41 Å². The minimum atomic E-state index is -0.422. The van der Waals surface area contributed by atoms with Gasteiger partial charge in [0.2, 0.25) is 5.95 Å². The average Bonchev–Trinajstić information content (AvgIpc) is 3.82. The number of para-hydroxylation sites is 6. The lowest BCUT2D eigenvalue weighted by atomic mass is 9.70. The Bertz CT molecular complexity index is 3890. The summed E-state index contributed by atoms with van der Waals surface area (Å²) >= 11 is 0. The maximum Gasteiger partial charge on any atom is 0.236 e. The van der Waals surface area contributed by atoms with Gasteiger partial charge in [0.15, 0.2) is 22.3 Å². The molecule has 0 bridgehead atoms. The van der Waals surface area contributed by atoms with Crippen LogP contribution in [0.15, 0.2) is 215 Å². The van der Waals surface area contributed by atoms with Crippen molar-refractivity contribution in [3.8, 4) is 45.1 Å². The molecule has 0 unspecified atom stereocenters. The molecular weight excluding hydrogens is 773 g/mol. The van der Waals surface area contributed by atoms with E-state index < -0.39 is 5.41 Å². The summed E-state index contributed by atoms with van der Waals surface area (Å²) < 4.78 is 17.9. The second-order valence-electron chi connectivity index (χ2n) is 16.4. The van der Waals surface area contributed by atoms with E-state index >= 15 is 0 Å². The van der Waals surface area contributed by atoms with Gasteiger partial charge in [0.05, 0.1) is 33.2 Å². The second kappa shape index (κ2) is 12.8. The van der Waals surface area contributed by atoms with Crippen LogP contribution in [0.1, 0.15) is 22.3 Å². The molecule has 294 valence electrons. The number of benzene rings is 9. The third-order valence-electron chi connectivity index (χ3n) is 13.3. The summed E-state index contributed by atoms with van der Waals surface area (Å²) in [7, 11) is 0. The molecule has 9 aromatic carbocycles. The van der Waals surface area contributed by atoms with Gasteiger partial charge in [-0.3, -0.25) is 4.57 Å². The molecule has 2 aliphatic carbocycles. The summed E-state index contributed by atoms with van der Waals surface area (Å²) in [5.74, 6) is 0.542. The molecule has 63 heavy (non-hydrogen) atoms. The Balaban J connectivity index is 1.05. The Morgan fingerprint density at radius 2 is 0.968 bits per heavy atom. The highest BCUT2D eigenvalue weighted by molar-refractivity contribution is 6.05. The highest BCUT2D eigenvalue weighted by Crippen LogP contribution is 2.63. The average molecular weight is 807 g/mol. The van der Waals surface area contributed by atoms with Crippen molar-refractivity contribution in [1.82, 2.24) is 19.1 Å². The van der Waals surface area contributed by atoms with Gasteiger partial charge in [-0.2, -0.15) is 0 Å². The zero-order chi connectivity index (χ0) is 41.2. The molecule has 1 spiro atoms. The first-order valence-corrected chi connectivity index (χ1v) is 21.3. The van der Waals surface area contributed by atoms with Crippen LogP contribution in [0.25, 0.3) is 100 Å². The number of hydrogen-bond donors (Lipinski definition) is 0. The van der Waals surface area contributed by atoms with Gasteiger partial charge in [0.25, 0.3) is 0 Å². The van der Waals surface area contributed by atoms with Gasteiger partial charge < -0.3 is 13.4 Å². The fraction of sp³-hybridized carbons (Fsp3) is 0.0175. The highest BCUT2D eigenvalue weighted by Gasteiger charge is 2.51. The third kappa shape index (κ3) is 4.61. The SMILES string of the molecule is c1ccc(-n2c3ccccc3oc3ccc4c(oc5ccccc5n4-c4nc(-c5ccc6c(c5)-c5ccccc5C65c6ccccc6-c6ccccc65)c5ccccc5n4)c32)cc1. The van der Waals surface area contributed by atoms with E-state index in [0.717, 1.165) is 55.5 Å². The van der Waals surface area contributed by atoms with Crippen LogP contribution in [0.2, 0.25) is 0 Å². The first kappa shape index (κ1) is 34.3. The van der Waals surface area contributed by atoms with E-state index in [1.54, 1.807) is 0 Å². The van der Waals surface area contributed by atoms with Crippen LogP contribution in [0.4, 0.5) is 0 Å². The first-order chi connectivity index (χ1) is 31.3. The highest BCUT2D eigenvalue weighted by atomic mass is 16.3. The molecule has 2 aliphatic rings. The molecule has 0 N–H and O–H groups in total. The minimum Gasteiger partial charge on any atom is -0.453 e. The Kier molecular flexibility index (Phi) is 6.94. The molecule has 3 heterocycles. The summed E-state index contributed by atoms with van der Waals surface area (Å²) in [6.45, 7) is 0. The molecule has 12 aromatic rings. The monoisotopic (exact) mass is 806 g/mol. The van der Waals surface area contributed by atoms with Crippen LogP contribution >= 0.6 is 0 Å². The first-order valence-electron chi connectivity index (χ1n) is 21.3. The molecule has 6 nitrogen and oxygen atoms in total. The standard InChI is InChI=1S/C57H34N4O2/c1-2-16-36(17-3-1)60-47-26-12-14-28-50(47)62-52-33-32-49-55(54(52)60)63-51-29-15-13-27-48(51)61(49)56-58-46-25-11-7-21-40(46)53(59-56)35-30-31-45-41(34-35)39-20-6-10-24-44(39)57(45)42-22-8-4-18-37(42)38-19-5-9-23-43(38)57/h1-34H. The van der Waals surface area contributed by atoms with Crippen molar-refractivity contribution >= 4 is 55.3 Å². The minimum absolute atomic E-state index is 0.422. The molecule has 0 aliphatic heterocycles. The molecular formula is C57H34N4O2. The number of rotatable bonds is 3. The van der Waals surface area contributed by atoms with Gasteiger partial charge in [0, 0.05) is 16.6 Å². The Morgan fingerprint density at radius 3 is 1.70 bits per heavy atom. The Hall–Kier alpha value is -8.48. The zero-order valence-corrected chi connectivity index (χ0v) is 33.7. The van der Waals surface area contributed by atoms with Crippen molar-refractivity contribution in [2.24, 2.45) is 0 Å². The molecule has 14 rings (SSSR count). The maximum atomic E-state index is 6.96. The van der Waals surface area contributed by atoms with Crippen LogP contribution in [-0.4, -0.2) is 19.1 Å². The van der Waals surface area contributed by atoms with Crippen molar-refractivity contribution in [3.63, 3.8) is 0 Å². The summed E-state index contributed by atoms with van der Waals surface area (Å²) in [6.07, 6.45) is 0. The molecule has 3 aromatic heterocycles. The van der Waals surface area contributed by atoms with E-state index in [1.807, 2.05) is 54.6 Å². The van der Waals surface area contributed by atoms with E-state index in [9.17, 15) is 0 Å². The molecule has 0 fully saturated rings. The van der Waals surface area contributed by atoms with Gasteiger partial charge >= 0.3 is 0 Å². The van der Waals surface area contributed by atoms with E-state index in [1.165, 1.54) is 44.5 Å². The summed E-state index contributed by atoms with van der Waals surface area (Å²) in [6, 6.07) is 72.8. The molecule has 0 radical (unpaired) electrons. The topological polar surface area (TPSA) is 61.9 Å². The van der Waals surface area contributed by atoms with Crippen molar-refractivity contribution in [1.29, 1.82) is 0 Å². The van der Waals surface area contributed by atoms with Crippen molar-refractivity contribution in [2.45, 2.75) is 5.41 Å². The van der Waals surface area contributed by atoms with E-state index in [2.05, 4.69) is 161 Å². The summed E-state index contributed by atoms with van der Waals surface area (Å²) in [5, 5.41) is 0.978. The van der Waals surface area contributed by atoms with Crippen LogP contribution in [0.3, 0.4) is 0 Å². The van der Waals surface area contributed by atoms with Gasteiger partial charge in [0.1, 0.15) is 5.52 Å². The van der Waals surface area contributed by atoms with Crippen LogP contribution < -0.4 is 0 Å². The van der Waals surface area contributed by atoms with Crippen molar-refractivity contribution in [3.05, 3.63) is 229 Å². The van der Waals surface area contributed by atoms with Gasteiger partial charge in [-0.05, 0) is 105 Å². The lowest BCUT2D eigenvalue weighted by Gasteiger charge is -2.30. The van der Waals surface area contributed by atoms with Crippen molar-refractivity contribution in [2.75, 3.05) is 0 Å². The quantitative estimate of drug-likeness (QED) is 0.132. The lowest BCUT2D eigenvalue weighted by molar-refractivity contribution is 0.638. The predicted octanol–water partition coefficient (Wildman–Crippen LogP) is 14.1. The lowest BCUT2D eigenvalue weighted by Crippen LogP contribution is -2.25. The molecule has 6 heteroatoms. The largest absolute Gasteiger partial charge is 0.453 e. The summed E-state index contributed by atoms with van der Waals surface area (Å²) in [5.41, 5.74) is 19.8. The normalized spacial score (nSPS) is 13.2. The third-order valence-corrected chi connectivity index (χ3v) is 13.3. The predicted molar refractivity (Wildman–Crippen MR) is 252 cm³/mol.